The molecule has 0 aliphatic carbocycles. The topological polar surface area (TPSA) is 100 Å². The van der Waals surface area contributed by atoms with E-state index >= 15 is 0 Å². The Hall–Kier alpha value is -3.85. The third kappa shape index (κ3) is 3.32. The van der Waals surface area contributed by atoms with Crippen molar-refractivity contribution in [2.24, 2.45) is 0 Å². The second-order valence-electron chi connectivity index (χ2n) is 8.87. The second-order valence-corrected chi connectivity index (χ2v) is 8.87. The van der Waals surface area contributed by atoms with Gasteiger partial charge in [0.2, 0.25) is 5.82 Å². The van der Waals surface area contributed by atoms with E-state index in [1.165, 1.54) is 0 Å². The molecule has 0 amide bonds. The lowest BCUT2D eigenvalue weighted by atomic mass is 10.1. The third-order valence-electron chi connectivity index (χ3n) is 6.09. The highest BCUT2D eigenvalue weighted by atomic mass is 16.5. The summed E-state index contributed by atoms with van der Waals surface area (Å²) < 4.78 is 15.0. The minimum atomic E-state index is -0.253. The van der Waals surface area contributed by atoms with Crippen LogP contribution in [0, 0.1) is 0 Å². The van der Waals surface area contributed by atoms with Gasteiger partial charge in [0.25, 0.3) is 11.4 Å². The van der Waals surface area contributed by atoms with Crippen LogP contribution in [0.25, 0.3) is 28.1 Å². The number of imidazole rings is 1. The molecule has 0 radical (unpaired) electrons. The fraction of sp³-hybridized carbons (Fsp3) is 0.292. The number of fused-ring (bicyclic) bond motifs is 3. The number of benzene rings is 1. The highest BCUT2D eigenvalue weighted by Crippen LogP contribution is 2.38. The molecule has 9 heteroatoms. The molecule has 1 aliphatic heterocycles. The number of para-hydroxylation sites is 2. The summed E-state index contributed by atoms with van der Waals surface area (Å²) in [5.41, 5.74) is 2.79. The predicted octanol–water partition coefficient (Wildman–Crippen LogP) is 3.77. The number of pyridine rings is 1. The van der Waals surface area contributed by atoms with E-state index in [1.54, 1.807) is 21.5 Å². The summed E-state index contributed by atoms with van der Waals surface area (Å²) in [4.78, 5) is 27.2. The molecule has 6 rings (SSSR count). The number of rotatable bonds is 4. The van der Waals surface area contributed by atoms with Crippen LogP contribution in [0.3, 0.4) is 0 Å². The Labute approximate surface area is 188 Å². The van der Waals surface area contributed by atoms with E-state index < -0.39 is 0 Å². The first-order chi connectivity index (χ1) is 16.0. The van der Waals surface area contributed by atoms with Gasteiger partial charge in [-0.05, 0) is 51.0 Å². The normalized spacial score (nSPS) is 17.8. The Balaban J connectivity index is 1.51. The van der Waals surface area contributed by atoms with E-state index in [4.69, 9.17) is 9.26 Å². The lowest BCUT2D eigenvalue weighted by Crippen LogP contribution is -2.24. The van der Waals surface area contributed by atoms with Crippen LogP contribution in [0.4, 0.5) is 0 Å². The molecule has 1 aromatic carbocycles. The van der Waals surface area contributed by atoms with Crippen LogP contribution in [-0.2, 0) is 11.3 Å². The number of ether oxygens (including phenoxy) is 1. The minimum absolute atomic E-state index is 0.198. The smallest absolute Gasteiger partial charge is 0.278 e. The molecule has 1 atom stereocenters. The fourth-order valence-corrected chi connectivity index (χ4v) is 4.46. The molecule has 166 valence electrons. The van der Waals surface area contributed by atoms with Gasteiger partial charge in [0.05, 0.1) is 28.9 Å². The van der Waals surface area contributed by atoms with Crippen molar-refractivity contribution in [3.63, 3.8) is 0 Å². The molecule has 1 fully saturated rings. The maximum absolute atomic E-state index is 13.7. The quantitative estimate of drug-likeness (QED) is 0.418. The van der Waals surface area contributed by atoms with E-state index in [9.17, 15) is 4.79 Å². The first-order valence-electron chi connectivity index (χ1n) is 10.9. The molecule has 1 saturated heterocycles. The maximum Gasteiger partial charge on any atom is 0.278 e. The van der Waals surface area contributed by atoms with Crippen molar-refractivity contribution in [2.75, 3.05) is 0 Å². The summed E-state index contributed by atoms with van der Waals surface area (Å²) in [6.45, 7) is 4.43. The van der Waals surface area contributed by atoms with Gasteiger partial charge in [-0.25, -0.2) is 4.98 Å². The number of hydrogen-bond acceptors (Lipinski definition) is 7. The summed E-state index contributed by atoms with van der Waals surface area (Å²) in [5, 5.41) is 4.13. The Morgan fingerprint density at radius 2 is 1.91 bits per heavy atom. The molecule has 0 bridgehead atoms. The highest BCUT2D eigenvalue weighted by molar-refractivity contribution is 5.83. The largest absolute Gasteiger partial charge is 0.363 e. The summed E-state index contributed by atoms with van der Waals surface area (Å²) in [7, 11) is 0. The standard InChI is InChI=1S/C24H22N6O3/c1-24(2)11-10-18(32-24)22-27-21(28-33-22)19-20-23(31)29(13-15-7-5-6-12-25-15)16-8-3-4-9-17(16)30(20)14-26-19/h3-9,12,14,18H,10-11,13H2,1-2H3. The Morgan fingerprint density at radius 1 is 1.09 bits per heavy atom. The SMILES string of the molecule is CC1(C)CCC(c2nc(-c3ncn4c3c(=O)n(Cc3ccccn3)c3ccccc34)no2)O1. The van der Waals surface area contributed by atoms with Crippen LogP contribution >= 0.6 is 0 Å². The zero-order valence-corrected chi connectivity index (χ0v) is 18.3. The molecule has 9 nitrogen and oxygen atoms in total. The highest BCUT2D eigenvalue weighted by Gasteiger charge is 2.36. The molecular formula is C24H22N6O3. The molecule has 4 aromatic heterocycles. The molecular weight excluding hydrogens is 420 g/mol. The molecule has 0 spiro atoms. The van der Waals surface area contributed by atoms with Crippen molar-refractivity contribution in [1.82, 2.24) is 29.1 Å². The van der Waals surface area contributed by atoms with Crippen LogP contribution in [0.1, 0.15) is 44.4 Å². The van der Waals surface area contributed by atoms with Gasteiger partial charge in [0.15, 0.2) is 0 Å². The zero-order valence-electron chi connectivity index (χ0n) is 18.3. The predicted molar refractivity (Wildman–Crippen MR) is 121 cm³/mol. The van der Waals surface area contributed by atoms with E-state index in [0.717, 1.165) is 29.6 Å². The second kappa shape index (κ2) is 7.35. The van der Waals surface area contributed by atoms with Crippen molar-refractivity contribution >= 4 is 16.6 Å². The van der Waals surface area contributed by atoms with Crippen molar-refractivity contribution < 1.29 is 9.26 Å². The van der Waals surface area contributed by atoms with Gasteiger partial charge in [0, 0.05) is 6.20 Å². The van der Waals surface area contributed by atoms with Crippen molar-refractivity contribution in [3.8, 4) is 11.5 Å². The van der Waals surface area contributed by atoms with Crippen molar-refractivity contribution in [1.29, 1.82) is 0 Å². The molecule has 33 heavy (non-hydrogen) atoms. The van der Waals surface area contributed by atoms with E-state index in [1.807, 2.05) is 56.3 Å². The van der Waals surface area contributed by atoms with Crippen LogP contribution in [0.2, 0.25) is 0 Å². The number of aromatic nitrogens is 6. The average molecular weight is 442 g/mol. The number of hydrogen-bond donors (Lipinski definition) is 0. The number of nitrogens with zero attached hydrogens (tertiary/aromatic N) is 6. The Kier molecular flexibility index (Phi) is 4.41. The first kappa shape index (κ1) is 19.8. The zero-order chi connectivity index (χ0) is 22.6. The van der Waals surface area contributed by atoms with Gasteiger partial charge < -0.3 is 9.26 Å². The minimum Gasteiger partial charge on any atom is -0.363 e. The monoisotopic (exact) mass is 442 g/mol. The van der Waals surface area contributed by atoms with Crippen molar-refractivity contribution in [3.05, 3.63) is 76.9 Å². The lowest BCUT2D eigenvalue weighted by Gasteiger charge is -2.17. The van der Waals surface area contributed by atoms with E-state index in [-0.39, 0.29) is 23.1 Å². The van der Waals surface area contributed by atoms with Crippen LogP contribution in [0.15, 0.2) is 64.3 Å². The van der Waals surface area contributed by atoms with Gasteiger partial charge in [-0.2, -0.15) is 4.98 Å². The molecule has 0 N–H and O–H groups in total. The summed E-state index contributed by atoms with van der Waals surface area (Å²) >= 11 is 0. The Bertz CT molecular complexity index is 1530. The molecule has 1 aliphatic rings. The lowest BCUT2D eigenvalue weighted by molar-refractivity contribution is -0.0292. The fourth-order valence-electron chi connectivity index (χ4n) is 4.46. The molecule has 1 unspecified atom stereocenters. The van der Waals surface area contributed by atoms with Gasteiger partial charge in [-0.15, -0.1) is 0 Å². The van der Waals surface area contributed by atoms with Gasteiger partial charge >= 0.3 is 0 Å². The summed E-state index contributed by atoms with van der Waals surface area (Å²) in [6, 6.07) is 13.4. The molecule has 5 aromatic rings. The van der Waals surface area contributed by atoms with Crippen molar-refractivity contribution in [2.45, 2.75) is 44.9 Å². The Morgan fingerprint density at radius 3 is 2.67 bits per heavy atom. The van der Waals surface area contributed by atoms with Gasteiger partial charge in [-0.1, -0.05) is 23.4 Å². The van der Waals surface area contributed by atoms with Gasteiger partial charge in [-0.3, -0.25) is 18.7 Å². The summed E-state index contributed by atoms with van der Waals surface area (Å²) in [5.74, 6) is 0.684. The first-order valence-corrected chi connectivity index (χ1v) is 10.9. The average Bonchev–Trinajstić information content (AvgIpc) is 3.55. The molecule has 0 saturated carbocycles. The molecule has 5 heterocycles. The van der Waals surface area contributed by atoms with E-state index in [2.05, 4.69) is 20.1 Å². The summed E-state index contributed by atoms with van der Waals surface area (Å²) in [6.07, 6.45) is 4.81. The van der Waals surface area contributed by atoms with Crippen LogP contribution in [-0.4, -0.2) is 34.7 Å². The third-order valence-corrected chi connectivity index (χ3v) is 6.09. The van der Waals surface area contributed by atoms with Crippen LogP contribution in [0.5, 0.6) is 0 Å². The van der Waals surface area contributed by atoms with Gasteiger partial charge in [0.1, 0.15) is 23.6 Å². The van der Waals surface area contributed by atoms with Crippen LogP contribution < -0.4 is 5.56 Å². The maximum atomic E-state index is 13.7. The van der Waals surface area contributed by atoms with E-state index in [0.29, 0.717) is 23.6 Å².